The minimum absolute atomic E-state index is 0.140. The van der Waals surface area contributed by atoms with Gasteiger partial charge in [0.15, 0.2) is 0 Å². The van der Waals surface area contributed by atoms with Crippen LogP contribution in [0.3, 0.4) is 0 Å². The van der Waals surface area contributed by atoms with Crippen molar-refractivity contribution < 1.29 is 32.5 Å². The number of rotatable bonds is 5. The average Bonchev–Trinajstić information content (AvgIpc) is 2.61. The number of pyridine rings is 1. The third kappa shape index (κ3) is 4.61. The third-order valence-corrected chi connectivity index (χ3v) is 3.91. The Bertz CT molecular complexity index is 830. The number of hydrogen-bond acceptors (Lipinski definition) is 4. The van der Waals surface area contributed by atoms with Crippen molar-refractivity contribution in [1.82, 2.24) is 5.32 Å². The number of methoxy groups -OCH3 is 1. The number of esters is 1. The van der Waals surface area contributed by atoms with Gasteiger partial charge >= 0.3 is 17.8 Å². The lowest BCUT2D eigenvalue weighted by Crippen LogP contribution is -2.69. The molecule has 0 saturated heterocycles. The number of benzene rings is 1. The molecule has 144 valence electrons. The lowest BCUT2D eigenvalue weighted by Gasteiger charge is -2.30. The molecule has 11 heteroatoms. The number of aromatic nitrogens is 1. The van der Waals surface area contributed by atoms with Gasteiger partial charge in [-0.3, -0.25) is 10.1 Å². The third-order valence-electron chi connectivity index (χ3n) is 3.42. The van der Waals surface area contributed by atoms with E-state index in [1.165, 1.54) is 42.6 Å². The van der Waals surface area contributed by atoms with Crippen LogP contribution in [0.15, 0.2) is 42.6 Å². The van der Waals surface area contributed by atoms with E-state index in [9.17, 15) is 22.8 Å². The Labute approximate surface area is 161 Å². The molecule has 0 aliphatic heterocycles. The number of carbonyl (C=O) groups is 2. The number of alkyl halides is 3. The summed E-state index contributed by atoms with van der Waals surface area (Å²) in [7, 11) is 0.768. The van der Waals surface area contributed by atoms with E-state index in [2.05, 4.69) is 9.72 Å². The van der Waals surface area contributed by atoms with Crippen molar-refractivity contribution in [3.63, 3.8) is 0 Å². The summed E-state index contributed by atoms with van der Waals surface area (Å²) < 4.78 is 45.9. The van der Waals surface area contributed by atoms with E-state index in [-0.39, 0.29) is 21.4 Å². The number of H-pyrrole nitrogens is 1. The van der Waals surface area contributed by atoms with Crippen molar-refractivity contribution in [1.29, 1.82) is 0 Å². The number of ether oxygens (including phenoxy) is 1. The number of hydrogen-bond donors (Lipinski definition) is 2. The highest BCUT2D eigenvalue weighted by Crippen LogP contribution is 2.32. The van der Waals surface area contributed by atoms with E-state index in [0.717, 1.165) is 7.11 Å². The number of halogens is 5. The molecule has 2 aromatic rings. The summed E-state index contributed by atoms with van der Waals surface area (Å²) in [5.41, 5.74) is -3.69. The predicted molar refractivity (Wildman–Crippen MR) is 91.4 cm³/mol. The highest BCUT2D eigenvalue weighted by Gasteiger charge is 2.67. The van der Waals surface area contributed by atoms with Gasteiger partial charge in [-0.15, -0.1) is 0 Å². The van der Waals surface area contributed by atoms with Gasteiger partial charge in [0.2, 0.25) is 0 Å². The van der Waals surface area contributed by atoms with E-state index in [1.54, 1.807) is 5.32 Å². The SMILES string of the molecule is COC(=O)[C@@](NC(=O)c1ccc(Cl)cc1)(Nc1ccc(Cl)c[nH+]1)C(F)(F)F. The number of carbonyl (C=O) groups excluding carboxylic acids is 2. The smallest absolute Gasteiger partial charge is 0.464 e. The first-order valence-electron chi connectivity index (χ1n) is 7.27. The molecule has 2 rings (SSSR count). The number of amides is 1. The van der Waals surface area contributed by atoms with E-state index < -0.39 is 23.7 Å². The monoisotopic (exact) mass is 422 g/mol. The summed E-state index contributed by atoms with van der Waals surface area (Å²) >= 11 is 11.4. The van der Waals surface area contributed by atoms with Crippen molar-refractivity contribution in [3.05, 3.63) is 58.2 Å². The first kappa shape index (κ1) is 20.8. The van der Waals surface area contributed by atoms with Gasteiger partial charge in [0.05, 0.1) is 12.1 Å². The summed E-state index contributed by atoms with van der Waals surface area (Å²) in [4.78, 5) is 26.9. The predicted octanol–water partition coefficient (Wildman–Crippen LogP) is 3.08. The highest BCUT2D eigenvalue weighted by atomic mass is 35.5. The fourth-order valence-electron chi connectivity index (χ4n) is 2.07. The van der Waals surface area contributed by atoms with Gasteiger partial charge in [-0.1, -0.05) is 23.2 Å². The van der Waals surface area contributed by atoms with Gasteiger partial charge < -0.3 is 4.74 Å². The Kier molecular flexibility index (Phi) is 6.17. The Hall–Kier alpha value is -2.52. The summed E-state index contributed by atoms with van der Waals surface area (Å²) in [6.07, 6.45) is -4.06. The maximum Gasteiger partial charge on any atom is 0.464 e. The van der Waals surface area contributed by atoms with Crippen molar-refractivity contribution in [3.8, 4) is 0 Å². The van der Waals surface area contributed by atoms with Crippen LogP contribution in [0.5, 0.6) is 0 Å². The minimum atomic E-state index is -5.25. The Morgan fingerprint density at radius 3 is 2.11 bits per heavy atom. The van der Waals surface area contributed by atoms with Crippen LogP contribution in [0.2, 0.25) is 10.0 Å². The summed E-state index contributed by atoms with van der Waals surface area (Å²) in [5, 5.41) is 4.14. The Balaban J connectivity index is 2.46. The molecule has 6 nitrogen and oxygen atoms in total. The maximum absolute atomic E-state index is 13.9. The molecule has 1 aromatic carbocycles. The van der Waals surface area contributed by atoms with Crippen LogP contribution in [0.25, 0.3) is 0 Å². The first-order chi connectivity index (χ1) is 12.6. The molecule has 27 heavy (non-hydrogen) atoms. The van der Waals surface area contributed by atoms with E-state index in [0.29, 0.717) is 0 Å². The molecular weight excluding hydrogens is 410 g/mol. The molecule has 3 N–H and O–H groups in total. The van der Waals surface area contributed by atoms with Crippen molar-refractivity contribution in [2.45, 2.75) is 11.8 Å². The molecule has 1 amide bonds. The molecule has 1 heterocycles. The van der Waals surface area contributed by atoms with Crippen LogP contribution in [0, 0.1) is 0 Å². The fourth-order valence-corrected chi connectivity index (χ4v) is 2.32. The Morgan fingerprint density at radius 2 is 1.63 bits per heavy atom. The zero-order chi connectivity index (χ0) is 20.2. The molecule has 1 atom stereocenters. The standard InChI is InChI=1S/C16H12Cl2F3N3O3/c1-27-14(26)15(16(19,20)21,23-12-7-6-11(18)8-22-12)24-13(25)9-2-4-10(17)5-3-9/h2-8H,1H3,(H,22,23)(H,24,25)/p+1/t15-/m0/s1. The minimum Gasteiger partial charge on any atom is -0.464 e. The van der Waals surface area contributed by atoms with Crippen LogP contribution >= 0.6 is 23.2 Å². The van der Waals surface area contributed by atoms with Crippen molar-refractivity contribution in [2.75, 3.05) is 12.4 Å². The largest absolute Gasteiger partial charge is 0.464 e. The Morgan fingerprint density at radius 1 is 1.04 bits per heavy atom. The molecule has 0 aliphatic carbocycles. The van der Waals surface area contributed by atoms with Crippen LogP contribution in [-0.4, -0.2) is 30.8 Å². The van der Waals surface area contributed by atoms with Crippen LogP contribution in [-0.2, 0) is 9.53 Å². The van der Waals surface area contributed by atoms with Gasteiger partial charge in [0.25, 0.3) is 11.7 Å². The van der Waals surface area contributed by atoms with Crippen molar-refractivity contribution >= 4 is 40.9 Å². The normalized spacial score (nSPS) is 13.4. The lowest BCUT2D eigenvalue weighted by atomic mass is 10.1. The molecule has 0 bridgehead atoms. The fraction of sp³-hybridized carbons (Fsp3) is 0.188. The van der Waals surface area contributed by atoms with Gasteiger partial charge in [0, 0.05) is 16.7 Å². The number of anilines is 1. The molecule has 0 aliphatic rings. The van der Waals surface area contributed by atoms with E-state index in [4.69, 9.17) is 23.2 Å². The van der Waals surface area contributed by atoms with Gasteiger partial charge in [-0.05, 0) is 30.3 Å². The van der Waals surface area contributed by atoms with Crippen LogP contribution in [0.4, 0.5) is 19.0 Å². The summed E-state index contributed by atoms with van der Waals surface area (Å²) in [6.45, 7) is 0. The summed E-state index contributed by atoms with van der Waals surface area (Å²) in [6, 6.07) is 7.53. The van der Waals surface area contributed by atoms with Crippen LogP contribution < -0.4 is 15.6 Å². The van der Waals surface area contributed by atoms with Gasteiger partial charge in [0.1, 0.15) is 6.20 Å². The van der Waals surface area contributed by atoms with Gasteiger partial charge in [-0.2, -0.15) is 13.2 Å². The molecule has 0 radical (unpaired) electrons. The van der Waals surface area contributed by atoms with Crippen LogP contribution in [0.1, 0.15) is 10.4 Å². The zero-order valence-corrected chi connectivity index (χ0v) is 15.2. The second-order valence-corrected chi connectivity index (χ2v) is 6.12. The molecule has 0 unspecified atom stereocenters. The molecular formula is C16H13Cl2F3N3O3+. The second kappa shape index (κ2) is 8.01. The number of nitrogens with one attached hydrogen (secondary N) is 3. The van der Waals surface area contributed by atoms with Gasteiger partial charge in [-0.25, -0.2) is 15.1 Å². The first-order valence-corrected chi connectivity index (χ1v) is 8.03. The lowest BCUT2D eigenvalue weighted by molar-refractivity contribution is -0.362. The average molecular weight is 423 g/mol. The molecule has 0 saturated carbocycles. The molecule has 1 aromatic heterocycles. The molecule has 0 fully saturated rings. The topological polar surface area (TPSA) is 81.6 Å². The van der Waals surface area contributed by atoms with E-state index >= 15 is 0 Å². The number of aromatic amines is 1. The second-order valence-electron chi connectivity index (χ2n) is 5.25. The highest BCUT2D eigenvalue weighted by molar-refractivity contribution is 6.30. The summed E-state index contributed by atoms with van der Waals surface area (Å²) in [5.74, 6) is -3.17. The molecule has 0 spiro atoms. The maximum atomic E-state index is 13.9. The van der Waals surface area contributed by atoms with Crippen molar-refractivity contribution in [2.24, 2.45) is 0 Å². The van der Waals surface area contributed by atoms with E-state index in [1.807, 2.05) is 5.32 Å². The quantitative estimate of drug-likeness (QED) is 0.572. The zero-order valence-electron chi connectivity index (χ0n) is 13.7.